The number of rotatable bonds is 2. The summed E-state index contributed by atoms with van der Waals surface area (Å²) in [5.41, 5.74) is 1.70. The molecule has 1 aromatic carbocycles. The average molecular weight is 211 g/mol. The highest BCUT2D eigenvalue weighted by Gasteiger charge is 2.07. The zero-order valence-electron chi connectivity index (χ0n) is 8.71. The van der Waals surface area contributed by atoms with Gasteiger partial charge in [-0.05, 0) is 25.1 Å². The van der Waals surface area contributed by atoms with Crippen LogP contribution in [-0.2, 0) is 0 Å². The molecule has 78 valence electrons. The first-order valence-corrected chi connectivity index (χ1v) is 4.76. The Morgan fingerprint density at radius 1 is 1.50 bits per heavy atom. The third-order valence-corrected chi connectivity index (χ3v) is 2.36. The molecule has 4 heteroatoms. The van der Waals surface area contributed by atoms with Gasteiger partial charge in [-0.3, -0.25) is 4.79 Å². The highest BCUT2D eigenvalue weighted by atomic mass is 16.1. The molecule has 0 fully saturated rings. The predicted octanol–water partition coefficient (Wildman–Crippen LogP) is 1.86. The third-order valence-electron chi connectivity index (χ3n) is 2.36. The van der Waals surface area contributed by atoms with Crippen LogP contribution in [0, 0.1) is 18.3 Å². The molecule has 0 bridgehead atoms. The summed E-state index contributed by atoms with van der Waals surface area (Å²) < 4.78 is 1.81. The first-order valence-electron chi connectivity index (χ1n) is 4.76. The number of nitrogens with zero attached hydrogens (tertiary/aromatic N) is 3. The van der Waals surface area contributed by atoms with Crippen LogP contribution < -0.4 is 0 Å². The number of hydrogen-bond acceptors (Lipinski definition) is 3. The van der Waals surface area contributed by atoms with Gasteiger partial charge in [-0.1, -0.05) is 0 Å². The number of aldehydes is 1. The number of aromatic nitrogens is 2. The molecule has 0 aliphatic rings. The zero-order chi connectivity index (χ0) is 11.5. The van der Waals surface area contributed by atoms with Gasteiger partial charge < -0.3 is 4.57 Å². The van der Waals surface area contributed by atoms with Crippen molar-refractivity contribution in [2.24, 2.45) is 0 Å². The standard InChI is InChI=1S/C12H9N3O/c1-9-14-4-5-15(9)12-3-2-10(8-16)6-11(12)7-13/h2-6,8H,1H3. The van der Waals surface area contributed by atoms with Gasteiger partial charge in [0.2, 0.25) is 0 Å². The summed E-state index contributed by atoms with van der Waals surface area (Å²) in [5.74, 6) is 0.801. The smallest absolute Gasteiger partial charge is 0.150 e. The molecule has 0 amide bonds. The number of hydrogen-bond donors (Lipinski definition) is 0. The molecule has 0 atom stereocenters. The largest absolute Gasteiger partial charge is 0.303 e. The van der Waals surface area contributed by atoms with Gasteiger partial charge in [-0.15, -0.1) is 0 Å². The van der Waals surface area contributed by atoms with Crippen molar-refractivity contribution in [1.82, 2.24) is 9.55 Å². The van der Waals surface area contributed by atoms with Gasteiger partial charge >= 0.3 is 0 Å². The fraction of sp³-hybridized carbons (Fsp3) is 0.0833. The van der Waals surface area contributed by atoms with Crippen molar-refractivity contribution in [3.63, 3.8) is 0 Å². The van der Waals surface area contributed by atoms with Crippen LogP contribution in [0.2, 0.25) is 0 Å². The van der Waals surface area contributed by atoms with Crippen LogP contribution in [0.1, 0.15) is 21.7 Å². The second kappa shape index (κ2) is 3.99. The first-order chi connectivity index (χ1) is 7.76. The van der Waals surface area contributed by atoms with E-state index in [9.17, 15) is 4.79 Å². The molecule has 0 radical (unpaired) electrons. The van der Waals surface area contributed by atoms with Gasteiger partial charge in [0.05, 0.1) is 11.3 Å². The highest BCUT2D eigenvalue weighted by Crippen LogP contribution is 2.16. The summed E-state index contributed by atoms with van der Waals surface area (Å²) in [6.45, 7) is 1.86. The molecule has 0 aliphatic heterocycles. The van der Waals surface area contributed by atoms with Crippen molar-refractivity contribution < 1.29 is 4.79 Å². The van der Waals surface area contributed by atoms with E-state index in [0.29, 0.717) is 11.1 Å². The molecular formula is C12H9N3O. The second-order valence-corrected chi connectivity index (χ2v) is 3.35. The Hall–Kier alpha value is -2.41. The number of benzene rings is 1. The van der Waals surface area contributed by atoms with E-state index in [1.165, 1.54) is 0 Å². The number of imidazole rings is 1. The Morgan fingerprint density at radius 2 is 2.31 bits per heavy atom. The summed E-state index contributed by atoms with van der Waals surface area (Å²) in [4.78, 5) is 14.7. The fourth-order valence-corrected chi connectivity index (χ4v) is 1.56. The van der Waals surface area contributed by atoms with Crippen molar-refractivity contribution in [3.8, 4) is 11.8 Å². The SMILES string of the molecule is Cc1nccn1-c1ccc(C=O)cc1C#N. The van der Waals surface area contributed by atoms with Crippen molar-refractivity contribution in [2.75, 3.05) is 0 Å². The molecule has 1 heterocycles. The number of nitriles is 1. The van der Waals surface area contributed by atoms with Gasteiger partial charge in [0, 0.05) is 18.0 Å². The highest BCUT2D eigenvalue weighted by molar-refractivity contribution is 5.76. The summed E-state index contributed by atoms with van der Waals surface area (Å²) in [7, 11) is 0. The van der Waals surface area contributed by atoms with Crippen molar-refractivity contribution in [3.05, 3.63) is 47.5 Å². The van der Waals surface area contributed by atoms with E-state index < -0.39 is 0 Å². The topological polar surface area (TPSA) is 58.7 Å². The summed E-state index contributed by atoms with van der Waals surface area (Å²) in [6, 6.07) is 7.08. The summed E-state index contributed by atoms with van der Waals surface area (Å²) >= 11 is 0. The molecule has 0 saturated heterocycles. The van der Waals surface area contributed by atoms with E-state index in [2.05, 4.69) is 11.1 Å². The van der Waals surface area contributed by atoms with Crippen LogP contribution in [0.15, 0.2) is 30.6 Å². The van der Waals surface area contributed by atoms with Crippen molar-refractivity contribution in [2.45, 2.75) is 6.92 Å². The van der Waals surface area contributed by atoms with Crippen LogP contribution in [-0.4, -0.2) is 15.8 Å². The van der Waals surface area contributed by atoms with Crippen LogP contribution >= 0.6 is 0 Å². The lowest BCUT2D eigenvalue weighted by molar-refractivity contribution is 0.112. The molecule has 2 rings (SSSR count). The van der Waals surface area contributed by atoms with E-state index in [0.717, 1.165) is 17.8 Å². The Balaban J connectivity index is 2.63. The first kappa shape index (κ1) is 10.1. The molecule has 0 spiro atoms. The molecule has 4 nitrogen and oxygen atoms in total. The lowest BCUT2D eigenvalue weighted by atomic mass is 10.1. The lowest BCUT2D eigenvalue weighted by Crippen LogP contribution is -1.99. The number of carbonyl (C=O) groups is 1. The van der Waals surface area contributed by atoms with Crippen LogP contribution in [0.4, 0.5) is 0 Å². The Bertz CT molecular complexity index is 578. The average Bonchev–Trinajstić information content (AvgIpc) is 2.74. The van der Waals surface area contributed by atoms with E-state index in [-0.39, 0.29) is 0 Å². The Labute approximate surface area is 92.8 Å². The maximum atomic E-state index is 10.6. The summed E-state index contributed by atoms with van der Waals surface area (Å²) in [6.07, 6.45) is 4.18. The minimum atomic E-state index is 0.464. The predicted molar refractivity (Wildman–Crippen MR) is 58.4 cm³/mol. The van der Waals surface area contributed by atoms with Gasteiger partial charge in [-0.25, -0.2) is 4.98 Å². The summed E-state index contributed by atoms with van der Waals surface area (Å²) in [5, 5.41) is 9.03. The molecule has 0 unspecified atom stereocenters. The van der Waals surface area contributed by atoms with Gasteiger partial charge in [0.15, 0.2) is 0 Å². The van der Waals surface area contributed by atoms with Crippen LogP contribution in [0.5, 0.6) is 0 Å². The van der Waals surface area contributed by atoms with Crippen LogP contribution in [0.3, 0.4) is 0 Å². The maximum Gasteiger partial charge on any atom is 0.150 e. The van der Waals surface area contributed by atoms with E-state index >= 15 is 0 Å². The fourth-order valence-electron chi connectivity index (χ4n) is 1.56. The minimum Gasteiger partial charge on any atom is -0.303 e. The lowest BCUT2D eigenvalue weighted by Gasteiger charge is -2.07. The molecule has 0 saturated carbocycles. The molecule has 0 N–H and O–H groups in total. The molecule has 16 heavy (non-hydrogen) atoms. The van der Waals surface area contributed by atoms with E-state index in [1.54, 1.807) is 30.6 Å². The monoisotopic (exact) mass is 211 g/mol. The van der Waals surface area contributed by atoms with E-state index in [4.69, 9.17) is 5.26 Å². The third kappa shape index (κ3) is 1.59. The van der Waals surface area contributed by atoms with Crippen molar-refractivity contribution >= 4 is 6.29 Å². The quantitative estimate of drug-likeness (QED) is 0.712. The maximum absolute atomic E-state index is 10.6. The molecular weight excluding hydrogens is 202 g/mol. The van der Waals surface area contributed by atoms with Gasteiger partial charge in [0.1, 0.15) is 18.2 Å². The normalized spacial score (nSPS) is 9.75. The molecule has 2 aromatic rings. The minimum absolute atomic E-state index is 0.464. The van der Waals surface area contributed by atoms with Crippen molar-refractivity contribution in [1.29, 1.82) is 5.26 Å². The molecule has 0 aliphatic carbocycles. The zero-order valence-corrected chi connectivity index (χ0v) is 8.71. The Morgan fingerprint density at radius 3 is 2.88 bits per heavy atom. The Kier molecular flexibility index (Phi) is 2.52. The number of aryl methyl sites for hydroxylation is 1. The van der Waals surface area contributed by atoms with E-state index in [1.807, 2.05) is 11.5 Å². The number of carbonyl (C=O) groups excluding carboxylic acids is 1. The molecule has 1 aromatic heterocycles. The second-order valence-electron chi connectivity index (χ2n) is 3.35. The van der Waals surface area contributed by atoms with Crippen LogP contribution in [0.25, 0.3) is 5.69 Å². The van der Waals surface area contributed by atoms with Gasteiger partial charge in [0.25, 0.3) is 0 Å². The van der Waals surface area contributed by atoms with Gasteiger partial charge in [-0.2, -0.15) is 5.26 Å².